The monoisotopic (exact) mass is 230 g/mol. The molecule has 0 aliphatic carbocycles. The van der Waals surface area contributed by atoms with Crippen LogP contribution in [0.25, 0.3) is 20.9 Å². The molecule has 0 aliphatic heterocycles. The van der Waals surface area contributed by atoms with Gasteiger partial charge in [0.1, 0.15) is 0 Å². The van der Waals surface area contributed by atoms with Gasteiger partial charge in [0, 0.05) is 15.5 Å². The highest BCUT2D eigenvalue weighted by Crippen LogP contribution is 2.29. The van der Waals surface area contributed by atoms with Crippen LogP contribution in [0.5, 0.6) is 0 Å². The van der Waals surface area contributed by atoms with E-state index in [4.69, 9.17) is 0 Å². The molecular weight excluding hydrogens is 223 g/mol. The SMILES string of the molecule is O=Pc1csc2ccc3ccccc3c12. The zero-order valence-corrected chi connectivity index (χ0v) is 9.52. The predicted molar refractivity (Wildman–Crippen MR) is 66.6 cm³/mol. The second-order valence-corrected chi connectivity index (χ2v) is 4.95. The molecular formula is C12H7OPS. The molecule has 3 heteroatoms. The zero-order chi connectivity index (χ0) is 10.3. The lowest BCUT2D eigenvalue weighted by molar-refractivity contribution is 0.603. The Labute approximate surface area is 92.6 Å². The van der Waals surface area contributed by atoms with Crippen LogP contribution in [0.2, 0.25) is 0 Å². The molecule has 3 aromatic rings. The molecule has 0 amide bonds. The summed E-state index contributed by atoms with van der Waals surface area (Å²) in [5.74, 6) is 0. The standard InChI is InChI=1S/C12H7OPS/c13-14-10-7-15-11-6-5-8-3-1-2-4-9(8)12(10)11/h1-7H. The fourth-order valence-corrected chi connectivity index (χ4v) is 3.44. The first-order chi connectivity index (χ1) is 7.40. The zero-order valence-electron chi connectivity index (χ0n) is 7.81. The van der Waals surface area contributed by atoms with Crippen LogP contribution in [-0.4, -0.2) is 0 Å². The molecule has 1 heterocycles. The van der Waals surface area contributed by atoms with Crippen molar-refractivity contribution < 1.29 is 4.57 Å². The molecule has 0 spiro atoms. The van der Waals surface area contributed by atoms with Crippen LogP contribution in [0.4, 0.5) is 0 Å². The lowest BCUT2D eigenvalue weighted by Gasteiger charge is -1.99. The first-order valence-corrected chi connectivity index (χ1v) is 6.31. The Morgan fingerprint density at radius 2 is 1.93 bits per heavy atom. The lowest BCUT2D eigenvalue weighted by atomic mass is 10.1. The fourth-order valence-electron chi connectivity index (χ4n) is 1.86. The maximum absolute atomic E-state index is 11.0. The first kappa shape index (κ1) is 9.02. The van der Waals surface area contributed by atoms with Gasteiger partial charge < -0.3 is 0 Å². The van der Waals surface area contributed by atoms with Gasteiger partial charge in [-0.2, -0.15) is 0 Å². The predicted octanol–water partition coefficient (Wildman–Crippen LogP) is 3.97. The summed E-state index contributed by atoms with van der Waals surface area (Å²) < 4.78 is 12.2. The molecule has 0 atom stereocenters. The first-order valence-electron chi connectivity index (χ1n) is 4.62. The molecule has 3 rings (SSSR count). The van der Waals surface area contributed by atoms with Crippen molar-refractivity contribution >= 4 is 46.0 Å². The molecule has 0 bridgehead atoms. The second-order valence-electron chi connectivity index (χ2n) is 3.37. The van der Waals surface area contributed by atoms with Gasteiger partial charge in [0.2, 0.25) is 0 Å². The molecule has 0 aliphatic rings. The average molecular weight is 230 g/mol. The van der Waals surface area contributed by atoms with E-state index in [0.29, 0.717) is 0 Å². The summed E-state index contributed by atoms with van der Waals surface area (Å²) in [4.78, 5) is 0. The second kappa shape index (κ2) is 3.41. The molecule has 0 unspecified atom stereocenters. The van der Waals surface area contributed by atoms with E-state index < -0.39 is 0 Å². The number of hydrogen-bond acceptors (Lipinski definition) is 2. The number of hydrogen-bond donors (Lipinski definition) is 0. The summed E-state index contributed by atoms with van der Waals surface area (Å²) >= 11 is 1.65. The summed E-state index contributed by atoms with van der Waals surface area (Å²) in [5.41, 5.74) is 0. The molecule has 15 heavy (non-hydrogen) atoms. The van der Waals surface area contributed by atoms with E-state index in [2.05, 4.69) is 24.3 Å². The van der Waals surface area contributed by atoms with Gasteiger partial charge in [0.15, 0.2) is 8.46 Å². The van der Waals surface area contributed by atoms with Gasteiger partial charge in [-0.05, 0) is 16.8 Å². The van der Waals surface area contributed by atoms with Crippen LogP contribution < -0.4 is 5.30 Å². The van der Waals surface area contributed by atoms with Gasteiger partial charge in [-0.3, -0.25) is 4.57 Å². The minimum Gasteiger partial charge on any atom is -0.269 e. The molecule has 0 radical (unpaired) electrons. The van der Waals surface area contributed by atoms with E-state index in [1.54, 1.807) is 11.3 Å². The Bertz CT molecular complexity index is 657. The third-order valence-corrected chi connectivity index (χ3v) is 4.21. The third-order valence-electron chi connectivity index (χ3n) is 2.54. The Morgan fingerprint density at radius 3 is 2.80 bits per heavy atom. The van der Waals surface area contributed by atoms with Crippen molar-refractivity contribution in [2.24, 2.45) is 0 Å². The van der Waals surface area contributed by atoms with Crippen molar-refractivity contribution in [2.45, 2.75) is 0 Å². The average Bonchev–Trinajstić information content (AvgIpc) is 2.72. The van der Waals surface area contributed by atoms with Gasteiger partial charge in [0.05, 0.1) is 5.30 Å². The van der Waals surface area contributed by atoms with Gasteiger partial charge >= 0.3 is 0 Å². The summed E-state index contributed by atoms with van der Waals surface area (Å²) in [5, 5.41) is 6.38. The van der Waals surface area contributed by atoms with Crippen LogP contribution in [0.3, 0.4) is 0 Å². The highest BCUT2D eigenvalue weighted by molar-refractivity contribution is 7.37. The van der Waals surface area contributed by atoms with Crippen molar-refractivity contribution in [2.75, 3.05) is 0 Å². The molecule has 72 valence electrons. The normalized spacial score (nSPS) is 11.5. The van der Waals surface area contributed by atoms with Gasteiger partial charge in [0.25, 0.3) is 0 Å². The van der Waals surface area contributed by atoms with Gasteiger partial charge in [-0.1, -0.05) is 30.3 Å². The summed E-state index contributed by atoms with van der Waals surface area (Å²) in [6, 6.07) is 12.4. The number of thiophene rings is 1. The molecule has 0 saturated heterocycles. The third kappa shape index (κ3) is 1.30. The minimum atomic E-state index is 0.106. The Morgan fingerprint density at radius 1 is 1.07 bits per heavy atom. The van der Waals surface area contributed by atoms with E-state index in [0.717, 1.165) is 10.7 Å². The molecule has 2 aromatic carbocycles. The van der Waals surface area contributed by atoms with Crippen molar-refractivity contribution in [1.29, 1.82) is 0 Å². The summed E-state index contributed by atoms with van der Waals surface area (Å²) in [7, 11) is 0.106. The van der Waals surface area contributed by atoms with Crippen molar-refractivity contribution in [3.05, 3.63) is 41.8 Å². The highest BCUT2D eigenvalue weighted by atomic mass is 32.1. The highest BCUT2D eigenvalue weighted by Gasteiger charge is 2.07. The Kier molecular flexibility index (Phi) is 2.05. The number of fused-ring (bicyclic) bond motifs is 3. The lowest BCUT2D eigenvalue weighted by Crippen LogP contribution is -1.86. The van der Waals surface area contributed by atoms with E-state index in [1.165, 1.54) is 15.5 Å². The molecule has 1 nitrogen and oxygen atoms in total. The molecule has 0 N–H and O–H groups in total. The van der Waals surface area contributed by atoms with Crippen molar-refractivity contribution in [3.8, 4) is 0 Å². The van der Waals surface area contributed by atoms with Crippen LogP contribution in [0.15, 0.2) is 41.8 Å². The van der Waals surface area contributed by atoms with Crippen molar-refractivity contribution in [3.63, 3.8) is 0 Å². The van der Waals surface area contributed by atoms with E-state index >= 15 is 0 Å². The fraction of sp³-hybridized carbons (Fsp3) is 0. The summed E-state index contributed by atoms with van der Waals surface area (Å²) in [6.45, 7) is 0. The van der Waals surface area contributed by atoms with Gasteiger partial charge in [-0.15, -0.1) is 11.3 Å². The quantitative estimate of drug-likeness (QED) is 0.578. The molecule has 0 saturated carbocycles. The largest absolute Gasteiger partial charge is 0.269 e. The van der Waals surface area contributed by atoms with E-state index in [9.17, 15) is 4.57 Å². The van der Waals surface area contributed by atoms with E-state index in [1.807, 2.05) is 17.5 Å². The Balaban J connectivity index is 2.61. The Hall–Kier alpha value is -1.24. The topological polar surface area (TPSA) is 17.1 Å². The molecule has 1 aromatic heterocycles. The minimum absolute atomic E-state index is 0.106. The molecule has 0 fully saturated rings. The van der Waals surface area contributed by atoms with Crippen molar-refractivity contribution in [1.82, 2.24) is 0 Å². The van der Waals surface area contributed by atoms with Crippen LogP contribution >= 0.6 is 19.8 Å². The van der Waals surface area contributed by atoms with Crippen LogP contribution in [-0.2, 0) is 4.57 Å². The van der Waals surface area contributed by atoms with Crippen LogP contribution in [0, 0.1) is 0 Å². The number of rotatable bonds is 1. The van der Waals surface area contributed by atoms with Gasteiger partial charge in [-0.25, -0.2) is 0 Å². The number of benzene rings is 2. The smallest absolute Gasteiger partial charge is 0.193 e. The van der Waals surface area contributed by atoms with E-state index in [-0.39, 0.29) is 8.46 Å². The van der Waals surface area contributed by atoms with Crippen LogP contribution in [0.1, 0.15) is 0 Å². The summed E-state index contributed by atoms with van der Waals surface area (Å²) in [6.07, 6.45) is 0. The maximum atomic E-state index is 11.0. The maximum Gasteiger partial charge on any atom is 0.193 e.